The van der Waals surface area contributed by atoms with Gasteiger partial charge < -0.3 is 16.0 Å². The molecule has 1 heterocycles. The highest BCUT2D eigenvalue weighted by Crippen LogP contribution is 2.16. The fraction of sp³-hybridized carbons (Fsp3) is 0.467. The van der Waals surface area contributed by atoms with Crippen LogP contribution in [-0.2, 0) is 4.79 Å². The van der Waals surface area contributed by atoms with Crippen molar-refractivity contribution in [2.75, 3.05) is 18.4 Å². The molecule has 1 unspecified atom stereocenters. The van der Waals surface area contributed by atoms with Gasteiger partial charge in [-0.05, 0) is 26.3 Å². The van der Waals surface area contributed by atoms with Gasteiger partial charge in [0.15, 0.2) is 0 Å². The molecule has 108 valence electrons. The fourth-order valence-corrected chi connectivity index (χ4v) is 2.47. The van der Waals surface area contributed by atoms with Gasteiger partial charge in [-0.15, -0.1) is 0 Å². The summed E-state index contributed by atoms with van der Waals surface area (Å²) in [5.41, 5.74) is 1.49. The molecule has 1 fully saturated rings. The normalized spacial score (nSPS) is 21.5. The summed E-state index contributed by atoms with van der Waals surface area (Å²) in [5, 5.41) is 17.5. The van der Waals surface area contributed by atoms with Crippen molar-refractivity contribution in [3.63, 3.8) is 0 Å². The predicted octanol–water partition coefficient (Wildman–Crippen LogP) is 1.35. The Balaban J connectivity index is 2.05. The van der Waals surface area contributed by atoms with Crippen LogP contribution in [0.3, 0.4) is 0 Å². The van der Waals surface area contributed by atoms with E-state index in [1.807, 2.05) is 25.1 Å². The summed E-state index contributed by atoms with van der Waals surface area (Å²) < 4.78 is 0. The Morgan fingerprint density at radius 1 is 1.45 bits per heavy atom. The molecule has 0 bridgehead atoms. The lowest BCUT2D eigenvalue weighted by atomic mass is 10.1. The summed E-state index contributed by atoms with van der Waals surface area (Å²) >= 11 is 0. The zero-order valence-corrected chi connectivity index (χ0v) is 12.0. The van der Waals surface area contributed by atoms with Crippen LogP contribution in [0.25, 0.3) is 0 Å². The van der Waals surface area contributed by atoms with Crippen molar-refractivity contribution < 1.29 is 4.79 Å². The molecule has 20 heavy (non-hydrogen) atoms. The number of benzene rings is 1. The van der Waals surface area contributed by atoms with Crippen molar-refractivity contribution in [3.8, 4) is 0 Å². The predicted molar refractivity (Wildman–Crippen MR) is 81.4 cm³/mol. The second kappa shape index (κ2) is 6.52. The molecule has 1 aliphatic rings. The standard InChI is InChI=1S/C15H22N4O/c1-3-17-13-7-5-4-6-12(13)14(16)15(20)19-11-8-10(2)18-9-11/h4-7,10-11,16-18H,3,8-9H2,1-2H3,(H,19,20)/t10-,11?/m1/s1. The Kier molecular flexibility index (Phi) is 4.74. The summed E-state index contributed by atoms with van der Waals surface area (Å²) in [6.45, 7) is 5.62. The molecule has 5 heteroatoms. The summed E-state index contributed by atoms with van der Waals surface area (Å²) in [5.74, 6) is -0.309. The zero-order chi connectivity index (χ0) is 14.5. The van der Waals surface area contributed by atoms with E-state index in [0.29, 0.717) is 11.6 Å². The Morgan fingerprint density at radius 3 is 2.85 bits per heavy atom. The van der Waals surface area contributed by atoms with Gasteiger partial charge in [0, 0.05) is 36.4 Å². The average molecular weight is 274 g/mol. The van der Waals surface area contributed by atoms with Gasteiger partial charge in [-0.1, -0.05) is 18.2 Å². The molecule has 1 aliphatic heterocycles. The molecule has 5 nitrogen and oxygen atoms in total. The molecule has 0 saturated carbocycles. The van der Waals surface area contributed by atoms with Crippen LogP contribution in [0.15, 0.2) is 24.3 Å². The minimum absolute atomic E-state index is 0.0149. The van der Waals surface area contributed by atoms with E-state index in [1.165, 1.54) is 0 Å². The topological polar surface area (TPSA) is 77.0 Å². The first-order chi connectivity index (χ1) is 9.61. The lowest BCUT2D eigenvalue weighted by Crippen LogP contribution is -2.40. The number of para-hydroxylation sites is 1. The van der Waals surface area contributed by atoms with Crippen LogP contribution >= 0.6 is 0 Å². The van der Waals surface area contributed by atoms with E-state index in [1.54, 1.807) is 6.07 Å². The van der Waals surface area contributed by atoms with Crippen molar-refractivity contribution in [2.45, 2.75) is 32.4 Å². The quantitative estimate of drug-likeness (QED) is 0.612. The first-order valence-corrected chi connectivity index (χ1v) is 7.08. The molecule has 1 aromatic carbocycles. The SMILES string of the molecule is CCNc1ccccc1C(=N)C(=O)NC1CN[C@H](C)C1. The van der Waals surface area contributed by atoms with E-state index in [2.05, 4.69) is 22.9 Å². The summed E-state index contributed by atoms with van der Waals surface area (Å²) in [6, 6.07) is 7.97. The molecule has 0 aromatic heterocycles. The second-order valence-electron chi connectivity index (χ2n) is 5.17. The summed E-state index contributed by atoms with van der Waals surface area (Å²) in [6.07, 6.45) is 0.911. The third-order valence-corrected chi connectivity index (χ3v) is 3.48. The minimum atomic E-state index is -0.309. The Bertz CT molecular complexity index is 500. The number of hydrogen-bond donors (Lipinski definition) is 4. The van der Waals surface area contributed by atoms with Gasteiger partial charge in [-0.3, -0.25) is 10.2 Å². The fourth-order valence-electron chi connectivity index (χ4n) is 2.47. The Labute approximate surface area is 119 Å². The number of nitrogens with one attached hydrogen (secondary N) is 4. The van der Waals surface area contributed by atoms with Crippen LogP contribution < -0.4 is 16.0 Å². The van der Waals surface area contributed by atoms with Crippen LogP contribution in [0.5, 0.6) is 0 Å². The number of rotatable bonds is 5. The zero-order valence-electron chi connectivity index (χ0n) is 12.0. The maximum absolute atomic E-state index is 12.2. The van der Waals surface area contributed by atoms with Gasteiger partial charge in [-0.2, -0.15) is 0 Å². The Hall–Kier alpha value is -1.88. The smallest absolute Gasteiger partial charge is 0.270 e. The molecule has 1 amide bonds. The van der Waals surface area contributed by atoms with Crippen LogP contribution in [-0.4, -0.2) is 36.8 Å². The van der Waals surface area contributed by atoms with Gasteiger partial charge in [0.2, 0.25) is 0 Å². The number of amides is 1. The van der Waals surface area contributed by atoms with E-state index >= 15 is 0 Å². The van der Waals surface area contributed by atoms with Gasteiger partial charge in [-0.25, -0.2) is 0 Å². The first kappa shape index (κ1) is 14.5. The van der Waals surface area contributed by atoms with Crippen molar-refractivity contribution in [1.29, 1.82) is 5.41 Å². The van der Waals surface area contributed by atoms with Crippen molar-refractivity contribution in [1.82, 2.24) is 10.6 Å². The Morgan fingerprint density at radius 2 is 2.20 bits per heavy atom. The van der Waals surface area contributed by atoms with Gasteiger partial charge in [0.05, 0.1) is 0 Å². The lowest BCUT2D eigenvalue weighted by Gasteiger charge is -2.14. The van der Waals surface area contributed by atoms with Crippen LogP contribution in [0.1, 0.15) is 25.8 Å². The minimum Gasteiger partial charge on any atom is -0.385 e. The average Bonchev–Trinajstić information content (AvgIpc) is 2.84. The van der Waals surface area contributed by atoms with E-state index < -0.39 is 0 Å². The molecule has 0 radical (unpaired) electrons. The van der Waals surface area contributed by atoms with Gasteiger partial charge >= 0.3 is 0 Å². The van der Waals surface area contributed by atoms with Gasteiger partial charge in [0.1, 0.15) is 5.71 Å². The number of anilines is 1. The van der Waals surface area contributed by atoms with Crippen molar-refractivity contribution in [2.24, 2.45) is 0 Å². The third kappa shape index (κ3) is 3.36. The first-order valence-electron chi connectivity index (χ1n) is 7.08. The van der Waals surface area contributed by atoms with E-state index in [9.17, 15) is 4.79 Å². The largest absolute Gasteiger partial charge is 0.385 e. The van der Waals surface area contributed by atoms with E-state index in [4.69, 9.17) is 5.41 Å². The lowest BCUT2D eigenvalue weighted by molar-refractivity contribution is -0.115. The van der Waals surface area contributed by atoms with E-state index in [0.717, 1.165) is 25.2 Å². The highest BCUT2D eigenvalue weighted by atomic mass is 16.1. The molecule has 1 saturated heterocycles. The number of hydrogen-bond acceptors (Lipinski definition) is 4. The molecule has 2 rings (SSSR count). The van der Waals surface area contributed by atoms with E-state index in [-0.39, 0.29) is 17.7 Å². The molecular weight excluding hydrogens is 252 g/mol. The second-order valence-corrected chi connectivity index (χ2v) is 5.17. The molecular formula is C15H22N4O. The number of carbonyl (C=O) groups is 1. The summed E-state index contributed by atoms with van der Waals surface area (Å²) in [4.78, 5) is 12.2. The van der Waals surface area contributed by atoms with Gasteiger partial charge in [0.25, 0.3) is 5.91 Å². The third-order valence-electron chi connectivity index (χ3n) is 3.48. The van der Waals surface area contributed by atoms with Crippen LogP contribution in [0.4, 0.5) is 5.69 Å². The number of carbonyl (C=O) groups excluding carboxylic acids is 1. The highest BCUT2D eigenvalue weighted by molar-refractivity contribution is 6.45. The molecule has 2 atom stereocenters. The van der Waals surface area contributed by atoms with Crippen LogP contribution in [0, 0.1) is 5.41 Å². The van der Waals surface area contributed by atoms with Crippen LogP contribution in [0.2, 0.25) is 0 Å². The highest BCUT2D eigenvalue weighted by Gasteiger charge is 2.24. The summed E-state index contributed by atoms with van der Waals surface area (Å²) in [7, 11) is 0. The van der Waals surface area contributed by atoms with Crippen molar-refractivity contribution in [3.05, 3.63) is 29.8 Å². The molecule has 4 N–H and O–H groups in total. The monoisotopic (exact) mass is 274 g/mol. The molecule has 1 aromatic rings. The maximum atomic E-state index is 12.2. The maximum Gasteiger partial charge on any atom is 0.270 e. The molecule has 0 spiro atoms. The molecule has 0 aliphatic carbocycles. The van der Waals surface area contributed by atoms with Crippen molar-refractivity contribution >= 4 is 17.3 Å².